The largest absolute Gasteiger partial charge is 0.277 e. The Balaban J connectivity index is 1.99. The average Bonchev–Trinajstić information content (AvgIpc) is 2.60. The molecule has 1 aliphatic rings. The van der Waals surface area contributed by atoms with Crippen LogP contribution in [0, 0.1) is 15.9 Å². The number of amides is 2. The zero-order valence-corrected chi connectivity index (χ0v) is 12.6. The molecule has 0 bridgehead atoms. The zero-order valence-electron chi connectivity index (χ0n) is 12.6. The third kappa shape index (κ3) is 2.09. The summed E-state index contributed by atoms with van der Waals surface area (Å²) >= 11 is 0. The minimum Gasteiger partial charge on any atom is -0.268 e. The molecule has 0 atom stereocenters. The van der Waals surface area contributed by atoms with E-state index in [2.05, 4.69) is 0 Å². The Kier molecular flexibility index (Phi) is 3.11. The molecule has 3 aromatic rings. The molecule has 3 aromatic carbocycles. The third-order valence-electron chi connectivity index (χ3n) is 4.17. The first kappa shape index (κ1) is 14.9. The van der Waals surface area contributed by atoms with Gasteiger partial charge in [-0.15, -0.1) is 0 Å². The number of nitro benzene ring substituents is 1. The number of nitro groups is 1. The van der Waals surface area contributed by atoms with Crippen LogP contribution in [0.25, 0.3) is 10.8 Å². The fourth-order valence-corrected chi connectivity index (χ4v) is 3.06. The highest BCUT2D eigenvalue weighted by Gasteiger charge is 2.35. The molecule has 0 fully saturated rings. The van der Waals surface area contributed by atoms with Crippen LogP contribution in [0.1, 0.15) is 20.7 Å². The standard InChI is InChI=1S/C18H9FN2O4/c19-10-4-6-11(7-5-10)20-17(22)13-3-1-2-12-15(21(24)25)9-8-14(16(12)13)18(20)23/h1-9H. The topological polar surface area (TPSA) is 80.5 Å². The van der Waals surface area contributed by atoms with Crippen LogP contribution in [0.5, 0.6) is 0 Å². The summed E-state index contributed by atoms with van der Waals surface area (Å²) in [6, 6.07) is 12.1. The molecule has 7 heteroatoms. The predicted molar refractivity (Wildman–Crippen MR) is 88.1 cm³/mol. The van der Waals surface area contributed by atoms with E-state index in [1.807, 2.05) is 0 Å². The van der Waals surface area contributed by atoms with Crippen molar-refractivity contribution in [3.05, 3.63) is 81.7 Å². The molecule has 6 nitrogen and oxygen atoms in total. The zero-order chi connectivity index (χ0) is 17.7. The number of nitrogens with zero attached hydrogens (tertiary/aromatic N) is 2. The Bertz CT molecular complexity index is 1050. The summed E-state index contributed by atoms with van der Waals surface area (Å²) < 4.78 is 13.1. The highest BCUT2D eigenvalue weighted by atomic mass is 19.1. The molecule has 1 aliphatic heterocycles. The van der Waals surface area contributed by atoms with Gasteiger partial charge in [-0.05, 0) is 42.5 Å². The SMILES string of the molecule is O=C1c2cccc3c([N+](=O)[O-])ccc(c23)C(=O)N1c1ccc(F)cc1. The van der Waals surface area contributed by atoms with E-state index in [4.69, 9.17) is 0 Å². The molecule has 0 aliphatic carbocycles. The Morgan fingerprint density at radius 1 is 0.880 bits per heavy atom. The first-order valence-corrected chi connectivity index (χ1v) is 7.33. The second-order valence-corrected chi connectivity index (χ2v) is 5.54. The molecule has 0 saturated carbocycles. The van der Waals surface area contributed by atoms with Crippen molar-refractivity contribution < 1.29 is 18.9 Å². The van der Waals surface area contributed by atoms with Crippen LogP contribution in [-0.2, 0) is 0 Å². The van der Waals surface area contributed by atoms with Crippen molar-refractivity contribution in [2.24, 2.45) is 0 Å². The Labute approximate surface area is 140 Å². The van der Waals surface area contributed by atoms with E-state index < -0.39 is 22.6 Å². The summed E-state index contributed by atoms with van der Waals surface area (Å²) in [7, 11) is 0. The van der Waals surface area contributed by atoms with Crippen LogP contribution >= 0.6 is 0 Å². The molecule has 0 N–H and O–H groups in total. The van der Waals surface area contributed by atoms with E-state index >= 15 is 0 Å². The van der Waals surface area contributed by atoms with E-state index in [1.165, 1.54) is 42.5 Å². The van der Waals surface area contributed by atoms with Crippen LogP contribution in [0.4, 0.5) is 15.8 Å². The van der Waals surface area contributed by atoms with Crippen molar-refractivity contribution in [3.63, 3.8) is 0 Å². The Hall–Kier alpha value is -3.61. The van der Waals surface area contributed by atoms with Gasteiger partial charge in [0, 0.05) is 22.6 Å². The summed E-state index contributed by atoms with van der Waals surface area (Å²) in [4.78, 5) is 37.3. The number of carbonyl (C=O) groups excluding carboxylic acids is 2. The van der Waals surface area contributed by atoms with Crippen molar-refractivity contribution in [3.8, 4) is 0 Å². The minimum atomic E-state index is -0.602. The molecule has 25 heavy (non-hydrogen) atoms. The van der Waals surface area contributed by atoms with Gasteiger partial charge in [0.2, 0.25) is 0 Å². The quantitative estimate of drug-likeness (QED) is 0.406. The van der Waals surface area contributed by atoms with Crippen molar-refractivity contribution in [2.75, 3.05) is 4.90 Å². The lowest BCUT2D eigenvalue weighted by molar-refractivity contribution is -0.383. The third-order valence-corrected chi connectivity index (χ3v) is 4.17. The maximum atomic E-state index is 13.1. The van der Waals surface area contributed by atoms with Crippen LogP contribution in [0.15, 0.2) is 54.6 Å². The number of anilines is 1. The smallest absolute Gasteiger partial charge is 0.268 e. The lowest BCUT2D eigenvalue weighted by Crippen LogP contribution is -2.40. The molecule has 1 heterocycles. The van der Waals surface area contributed by atoms with Crippen LogP contribution in [0.3, 0.4) is 0 Å². The molecular weight excluding hydrogens is 327 g/mol. The number of carbonyl (C=O) groups is 2. The van der Waals surface area contributed by atoms with Crippen molar-refractivity contribution in [1.82, 2.24) is 0 Å². The summed E-state index contributed by atoms with van der Waals surface area (Å²) in [6.45, 7) is 0. The van der Waals surface area contributed by atoms with Gasteiger partial charge in [-0.25, -0.2) is 9.29 Å². The van der Waals surface area contributed by atoms with Gasteiger partial charge >= 0.3 is 0 Å². The van der Waals surface area contributed by atoms with Crippen molar-refractivity contribution in [2.45, 2.75) is 0 Å². The fourth-order valence-electron chi connectivity index (χ4n) is 3.06. The normalized spacial score (nSPS) is 13.4. The Morgan fingerprint density at radius 2 is 1.52 bits per heavy atom. The van der Waals surface area contributed by atoms with Gasteiger partial charge in [-0.2, -0.15) is 0 Å². The first-order valence-electron chi connectivity index (χ1n) is 7.33. The average molecular weight is 336 g/mol. The monoisotopic (exact) mass is 336 g/mol. The maximum absolute atomic E-state index is 13.1. The lowest BCUT2D eigenvalue weighted by Gasteiger charge is -2.27. The molecule has 0 saturated heterocycles. The highest BCUT2D eigenvalue weighted by Crippen LogP contribution is 2.36. The van der Waals surface area contributed by atoms with E-state index in [0.717, 1.165) is 17.0 Å². The predicted octanol–water partition coefficient (Wildman–Crippen LogP) is 3.69. The number of benzene rings is 3. The highest BCUT2D eigenvalue weighted by molar-refractivity contribution is 6.36. The van der Waals surface area contributed by atoms with E-state index in [0.29, 0.717) is 0 Å². The van der Waals surface area contributed by atoms with E-state index in [-0.39, 0.29) is 33.3 Å². The molecule has 4 rings (SSSR count). The van der Waals surface area contributed by atoms with Gasteiger partial charge in [0.25, 0.3) is 17.5 Å². The van der Waals surface area contributed by atoms with Gasteiger partial charge in [0.15, 0.2) is 0 Å². The van der Waals surface area contributed by atoms with Crippen LogP contribution in [0.2, 0.25) is 0 Å². The van der Waals surface area contributed by atoms with E-state index in [9.17, 15) is 24.1 Å². The first-order chi connectivity index (χ1) is 12.0. The summed E-state index contributed by atoms with van der Waals surface area (Å²) in [5, 5.41) is 11.7. The fraction of sp³-hybridized carbons (Fsp3) is 0. The number of hydrogen-bond acceptors (Lipinski definition) is 4. The summed E-state index contributed by atoms with van der Waals surface area (Å²) in [5.41, 5.74) is 0.453. The molecule has 122 valence electrons. The molecule has 0 unspecified atom stereocenters. The van der Waals surface area contributed by atoms with Gasteiger partial charge in [0.05, 0.1) is 16.0 Å². The molecule has 0 aromatic heterocycles. The second-order valence-electron chi connectivity index (χ2n) is 5.54. The van der Waals surface area contributed by atoms with Gasteiger partial charge in [0.1, 0.15) is 5.82 Å². The number of halogens is 1. The number of non-ortho nitro benzene ring substituents is 1. The van der Waals surface area contributed by atoms with Crippen molar-refractivity contribution in [1.29, 1.82) is 0 Å². The molecule has 0 spiro atoms. The number of imide groups is 1. The Morgan fingerprint density at radius 3 is 2.16 bits per heavy atom. The van der Waals surface area contributed by atoms with E-state index in [1.54, 1.807) is 0 Å². The summed E-state index contributed by atoms with van der Waals surface area (Å²) in [5.74, 6) is -1.69. The second kappa shape index (κ2) is 5.20. The number of rotatable bonds is 2. The van der Waals surface area contributed by atoms with Crippen LogP contribution < -0.4 is 4.90 Å². The van der Waals surface area contributed by atoms with Crippen molar-refractivity contribution >= 4 is 34.0 Å². The van der Waals surface area contributed by atoms with Gasteiger partial charge < -0.3 is 0 Å². The van der Waals surface area contributed by atoms with Gasteiger partial charge in [-0.1, -0.05) is 6.07 Å². The molecule has 2 amide bonds. The number of hydrogen-bond donors (Lipinski definition) is 0. The maximum Gasteiger partial charge on any atom is 0.277 e. The molecular formula is C18H9FN2O4. The van der Waals surface area contributed by atoms with Gasteiger partial charge in [-0.3, -0.25) is 19.7 Å². The minimum absolute atomic E-state index is 0.170. The van der Waals surface area contributed by atoms with Crippen LogP contribution in [-0.4, -0.2) is 16.7 Å². The summed E-state index contributed by atoms with van der Waals surface area (Å²) in [6.07, 6.45) is 0. The lowest BCUT2D eigenvalue weighted by atomic mass is 9.93. The molecule has 0 radical (unpaired) electrons.